The number of benzene rings is 3. The molecular weight excluding hydrogens is 448 g/mol. The van der Waals surface area contributed by atoms with E-state index in [1.54, 1.807) is 40.9 Å². The van der Waals surface area contributed by atoms with Gasteiger partial charge in [0.1, 0.15) is 0 Å². The molecule has 1 fully saturated rings. The predicted octanol–water partition coefficient (Wildman–Crippen LogP) is 5.53. The fourth-order valence-corrected chi connectivity index (χ4v) is 4.89. The molecule has 4 rings (SSSR count). The van der Waals surface area contributed by atoms with Gasteiger partial charge in [-0.25, -0.2) is 9.59 Å². The third kappa shape index (κ3) is 5.91. The van der Waals surface area contributed by atoms with E-state index in [2.05, 4.69) is 55.1 Å². The Morgan fingerprint density at radius 2 is 1.53 bits per heavy atom. The molecule has 0 N–H and O–H groups in total. The predicted molar refractivity (Wildman–Crippen MR) is 133 cm³/mol. The normalized spacial score (nSPS) is 13.5. The SMILES string of the molecule is Cc1ccc(Sc2ccccc2N2CCN(C(=O)OCOC(=O)c3ccccc3)CC2)c(C)c1. The van der Waals surface area contributed by atoms with E-state index in [-0.39, 0.29) is 0 Å². The van der Waals surface area contributed by atoms with E-state index in [9.17, 15) is 9.59 Å². The third-order valence-electron chi connectivity index (χ3n) is 5.68. The van der Waals surface area contributed by atoms with Crippen LogP contribution in [-0.4, -0.2) is 49.9 Å². The summed E-state index contributed by atoms with van der Waals surface area (Å²) in [6.07, 6.45) is -0.474. The largest absolute Gasteiger partial charge is 0.424 e. The first-order valence-electron chi connectivity index (χ1n) is 11.2. The van der Waals surface area contributed by atoms with Gasteiger partial charge in [0.15, 0.2) is 0 Å². The molecule has 0 atom stereocenters. The molecule has 0 bridgehead atoms. The van der Waals surface area contributed by atoms with Crippen molar-refractivity contribution in [2.45, 2.75) is 23.6 Å². The molecule has 0 radical (unpaired) electrons. The average molecular weight is 477 g/mol. The molecule has 0 saturated carbocycles. The zero-order valence-corrected chi connectivity index (χ0v) is 20.2. The van der Waals surface area contributed by atoms with Crippen LogP contribution < -0.4 is 4.90 Å². The Labute approximate surface area is 204 Å². The van der Waals surface area contributed by atoms with Crippen LogP contribution in [0.25, 0.3) is 0 Å². The number of aryl methyl sites for hydroxylation is 2. The van der Waals surface area contributed by atoms with Crippen molar-refractivity contribution in [1.29, 1.82) is 0 Å². The summed E-state index contributed by atoms with van der Waals surface area (Å²) < 4.78 is 10.2. The highest BCUT2D eigenvalue weighted by atomic mass is 32.2. The minimum atomic E-state index is -0.517. The van der Waals surface area contributed by atoms with Gasteiger partial charge in [0, 0.05) is 36.0 Å². The Bertz CT molecular complexity index is 1140. The Kier molecular flexibility index (Phi) is 7.75. The molecule has 176 valence electrons. The highest BCUT2D eigenvalue weighted by Crippen LogP contribution is 2.37. The van der Waals surface area contributed by atoms with Crippen LogP contribution in [0, 0.1) is 13.8 Å². The second-order valence-corrected chi connectivity index (χ2v) is 9.22. The number of piperazine rings is 1. The van der Waals surface area contributed by atoms with Gasteiger partial charge < -0.3 is 19.3 Å². The van der Waals surface area contributed by atoms with Gasteiger partial charge in [-0.2, -0.15) is 0 Å². The van der Waals surface area contributed by atoms with Crippen molar-refractivity contribution >= 4 is 29.5 Å². The van der Waals surface area contributed by atoms with Gasteiger partial charge in [0.05, 0.1) is 11.3 Å². The van der Waals surface area contributed by atoms with E-state index in [1.165, 1.54) is 20.9 Å². The number of nitrogens with zero attached hydrogens (tertiary/aromatic N) is 2. The Morgan fingerprint density at radius 3 is 2.26 bits per heavy atom. The summed E-state index contributed by atoms with van der Waals surface area (Å²) in [5.74, 6) is -0.517. The maximum Gasteiger partial charge on any atom is 0.412 e. The molecule has 6 nitrogen and oxygen atoms in total. The summed E-state index contributed by atoms with van der Waals surface area (Å²) >= 11 is 1.77. The second-order valence-electron chi connectivity index (χ2n) is 8.14. The monoisotopic (exact) mass is 476 g/mol. The molecule has 1 saturated heterocycles. The lowest BCUT2D eigenvalue weighted by Gasteiger charge is -2.36. The minimum Gasteiger partial charge on any atom is -0.424 e. The molecular formula is C27H28N2O4S. The van der Waals surface area contributed by atoms with Gasteiger partial charge in [-0.3, -0.25) is 0 Å². The highest BCUT2D eigenvalue weighted by molar-refractivity contribution is 7.99. The van der Waals surface area contributed by atoms with Crippen molar-refractivity contribution in [2.75, 3.05) is 37.9 Å². The molecule has 0 aromatic heterocycles. The Hall–Kier alpha value is -3.45. The van der Waals surface area contributed by atoms with E-state index in [0.29, 0.717) is 31.7 Å². The molecule has 34 heavy (non-hydrogen) atoms. The van der Waals surface area contributed by atoms with Gasteiger partial charge in [-0.1, -0.05) is 59.8 Å². The van der Waals surface area contributed by atoms with E-state index >= 15 is 0 Å². The zero-order chi connectivity index (χ0) is 23.9. The van der Waals surface area contributed by atoms with E-state index < -0.39 is 18.9 Å². The van der Waals surface area contributed by atoms with Crippen LogP contribution in [0.5, 0.6) is 0 Å². The lowest BCUT2D eigenvalue weighted by Crippen LogP contribution is -2.49. The van der Waals surface area contributed by atoms with Gasteiger partial charge in [0.25, 0.3) is 0 Å². The van der Waals surface area contributed by atoms with Crippen LogP contribution in [0.4, 0.5) is 10.5 Å². The van der Waals surface area contributed by atoms with Gasteiger partial charge in [-0.15, -0.1) is 0 Å². The maximum absolute atomic E-state index is 12.4. The lowest BCUT2D eigenvalue weighted by atomic mass is 10.2. The fraction of sp³-hybridized carbons (Fsp3) is 0.259. The zero-order valence-electron chi connectivity index (χ0n) is 19.4. The Morgan fingerprint density at radius 1 is 0.824 bits per heavy atom. The third-order valence-corrected chi connectivity index (χ3v) is 6.92. The molecule has 3 aromatic carbocycles. The smallest absolute Gasteiger partial charge is 0.412 e. The number of hydrogen-bond donors (Lipinski definition) is 0. The first-order chi connectivity index (χ1) is 16.5. The van der Waals surface area contributed by atoms with Crippen molar-refractivity contribution < 1.29 is 19.1 Å². The van der Waals surface area contributed by atoms with Crippen LogP contribution in [0.3, 0.4) is 0 Å². The van der Waals surface area contributed by atoms with Gasteiger partial charge >= 0.3 is 12.1 Å². The number of anilines is 1. The fourth-order valence-electron chi connectivity index (χ4n) is 3.85. The summed E-state index contributed by atoms with van der Waals surface area (Å²) in [5.41, 5.74) is 4.11. The summed E-state index contributed by atoms with van der Waals surface area (Å²) in [4.78, 5) is 30.8. The van der Waals surface area contributed by atoms with Crippen molar-refractivity contribution in [3.63, 3.8) is 0 Å². The van der Waals surface area contributed by atoms with E-state index in [1.807, 2.05) is 12.1 Å². The van der Waals surface area contributed by atoms with Crippen molar-refractivity contribution in [1.82, 2.24) is 4.90 Å². The van der Waals surface area contributed by atoms with Crippen LogP contribution in [-0.2, 0) is 9.47 Å². The van der Waals surface area contributed by atoms with E-state index in [0.717, 1.165) is 5.69 Å². The van der Waals surface area contributed by atoms with Crippen LogP contribution in [0.1, 0.15) is 21.5 Å². The van der Waals surface area contributed by atoms with E-state index in [4.69, 9.17) is 9.47 Å². The highest BCUT2D eigenvalue weighted by Gasteiger charge is 2.24. The molecule has 7 heteroatoms. The number of para-hydroxylation sites is 1. The summed E-state index contributed by atoms with van der Waals surface area (Å²) in [6, 6.07) is 23.5. The average Bonchev–Trinajstić information content (AvgIpc) is 2.86. The van der Waals surface area contributed by atoms with Crippen molar-refractivity contribution in [2.24, 2.45) is 0 Å². The van der Waals surface area contributed by atoms with Crippen molar-refractivity contribution in [3.8, 4) is 0 Å². The first kappa shape index (κ1) is 23.7. The summed E-state index contributed by atoms with van der Waals surface area (Å²) in [6.45, 7) is 6.31. The number of amides is 1. The summed E-state index contributed by atoms with van der Waals surface area (Å²) in [5, 5.41) is 0. The number of rotatable bonds is 6. The topological polar surface area (TPSA) is 59.1 Å². The van der Waals surface area contributed by atoms with Crippen LogP contribution in [0.2, 0.25) is 0 Å². The van der Waals surface area contributed by atoms with Crippen LogP contribution >= 0.6 is 11.8 Å². The number of esters is 1. The standard InChI is InChI=1S/C27H28N2O4S/c1-20-12-13-24(21(2)18-20)34-25-11-7-6-10-23(25)28-14-16-29(17-15-28)27(31)33-19-32-26(30)22-8-4-3-5-9-22/h3-13,18H,14-17,19H2,1-2H3. The van der Waals surface area contributed by atoms with Gasteiger partial charge in [0.2, 0.25) is 6.79 Å². The molecule has 1 heterocycles. The molecule has 3 aromatic rings. The molecule has 1 amide bonds. The van der Waals surface area contributed by atoms with Crippen molar-refractivity contribution in [3.05, 3.63) is 89.5 Å². The number of hydrogen-bond acceptors (Lipinski definition) is 6. The van der Waals surface area contributed by atoms with Crippen LogP contribution in [0.15, 0.2) is 82.6 Å². The number of carbonyl (C=O) groups excluding carboxylic acids is 2. The molecule has 1 aliphatic heterocycles. The quantitative estimate of drug-likeness (QED) is 0.345. The molecule has 0 spiro atoms. The number of ether oxygens (including phenoxy) is 2. The molecule has 1 aliphatic rings. The second kappa shape index (κ2) is 11.1. The first-order valence-corrected chi connectivity index (χ1v) is 12.1. The number of carbonyl (C=O) groups is 2. The minimum absolute atomic E-state index is 0.401. The molecule has 0 unspecified atom stereocenters. The maximum atomic E-state index is 12.4. The Balaban J connectivity index is 1.30. The molecule has 0 aliphatic carbocycles. The lowest BCUT2D eigenvalue weighted by molar-refractivity contribution is -0.0123. The summed E-state index contributed by atoms with van der Waals surface area (Å²) in [7, 11) is 0. The van der Waals surface area contributed by atoms with Gasteiger partial charge in [-0.05, 0) is 49.7 Å².